The van der Waals surface area contributed by atoms with Crippen molar-refractivity contribution in [2.24, 2.45) is 22.6 Å². The molecule has 0 aromatic heterocycles. The molecule has 0 spiro atoms. The lowest BCUT2D eigenvalue weighted by Crippen LogP contribution is -2.34. The standard InChI is InChI=1S/C18H28Cl2N4.HI/c1-12(2)10-24-7-6-14(11-24)9-22-18(21)23-13(3)16-5-4-15(19)8-17(16)20;/h4-5,8,12-14H,6-7,9-11H2,1-3H3,(H3,21,22,23);1H. The molecule has 0 amide bonds. The van der Waals surface area contributed by atoms with Crippen LogP contribution in [0.15, 0.2) is 23.2 Å². The predicted octanol–water partition coefficient (Wildman–Crippen LogP) is 4.55. The van der Waals surface area contributed by atoms with E-state index in [0.29, 0.717) is 27.8 Å². The van der Waals surface area contributed by atoms with Crippen LogP contribution in [-0.4, -0.2) is 37.0 Å². The van der Waals surface area contributed by atoms with E-state index in [-0.39, 0.29) is 30.0 Å². The van der Waals surface area contributed by atoms with Gasteiger partial charge in [-0.15, -0.1) is 24.0 Å². The lowest BCUT2D eigenvalue weighted by atomic mass is 10.1. The van der Waals surface area contributed by atoms with Crippen LogP contribution >= 0.6 is 47.2 Å². The van der Waals surface area contributed by atoms with Gasteiger partial charge in [-0.3, -0.25) is 4.99 Å². The van der Waals surface area contributed by atoms with Gasteiger partial charge in [-0.2, -0.15) is 0 Å². The fourth-order valence-electron chi connectivity index (χ4n) is 3.17. The van der Waals surface area contributed by atoms with E-state index in [2.05, 4.69) is 29.1 Å². The van der Waals surface area contributed by atoms with Crippen molar-refractivity contribution in [2.45, 2.75) is 33.2 Å². The minimum atomic E-state index is -0.0143. The average molecular weight is 499 g/mol. The number of benzene rings is 1. The normalized spacial score (nSPS) is 19.8. The Balaban J connectivity index is 0.00000312. The summed E-state index contributed by atoms with van der Waals surface area (Å²) < 4.78 is 0. The number of guanidine groups is 1. The number of hydrogen-bond donors (Lipinski definition) is 2. The summed E-state index contributed by atoms with van der Waals surface area (Å²) in [7, 11) is 0. The van der Waals surface area contributed by atoms with Crippen molar-refractivity contribution in [3.8, 4) is 0 Å². The van der Waals surface area contributed by atoms with Gasteiger partial charge in [0.1, 0.15) is 0 Å². The van der Waals surface area contributed by atoms with E-state index in [0.717, 1.165) is 18.7 Å². The highest BCUT2D eigenvalue weighted by Gasteiger charge is 2.22. The Bertz CT molecular complexity index is 580. The third-order valence-corrected chi connectivity index (χ3v) is 4.87. The maximum Gasteiger partial charge on any atom is 0.189 e. The van der Waals surface area contributed by atoms with Gasteiger partial charge in [-0.25, -0.2) is 0 Å². The summed E-state index contributed by atoms with van der Waals surface area (Å²) in [5, 5.41) is 4.47. The second-order valence-electron chi connectivity index (χ2n) is 7.07. The van der Waals surface area contributed by atoms with Gasteiger partial charge >= 0.3 is 0 Å². The molecule has 1 aromatic rings. The van der Waals surface area contributed by atoms with Crippen molar-refractivity contribution in [2.75, 3.05) is 26.2 Å². The third kappa shape index (κ3) is 7.49. The van der Waals surface area contributed by atoms with E-state index in [1.165, 1.54) is 19.5 Å². The first kappa shape index (κ1) is 22.8. The number of halogens is 3. The number of hydrogen-bond acceptors (Lipinski definition) is 2. The van der Waals surface area contributed by atoms with E-state index >= 15 is 0 Å². The van der Waals surface area contributed by atoms with Crippen LogP contribution in [0, 0.1) is 11.8 Å². The molecule has 1 aliphatic heterocycles. The van der Waals surface area contributed by atoms with Crippen LogP contribution in [0.5, 0.6) is 0 Å². The van der Waals surface area contributed by atoms with Gasteiger partial charge < -0.3 is 16.0 Å². The zero-order valence-electron chi connectivity index (χ0n) is 15.1. The SMILES string of the molecule is CC(C)CN1CCC(CN=C(N)NC(C)c2ccc(Cl)cc2Cl)C1.I. The third-order valence-electron chi connectivity index (χ3n) is 4.31. The van der Waals surface area contributed by atoms with Crippen molar-refractivity contribution < 1.29 is 0 Å². The van der Waals surface area contributed by atoms with Crippen molar-refractivity contribution in [3.05, 3.63) is 33.8 Å². The van der Waals surface area contributed by atoms with Gasteiger partial charge in [0.05, 0.1) is 6.04 Å². The van der Waals surface area contributed by atoms with Crippen molar-refractivity contribution in [1.29, 1.82) is 0 Å². The Morgan fingerprint density at radius 2 is 2.08 bits per heavy atom. The minimum Gasteiger partial charge on any atom is -0.370 e. The summed E-state index contributed by atoms with van der Waals surface area (Å²) in [5.41, 5.74) is 7.00. The van der Waals surface area contributed by atoms with Crippen molar-refractivity contribution >= 4 is 53.1 Å². The highest BCUT2D eigenvalue weighted by Crippen LogP contribution is 2.26. The zero-order valence-corrected chi connectivity index (χ0v) is 19.0. The smallest absolute Gasteiger partial charge is 0.189 e. The number of likely N-dealkylation sites (tertiary alicyclic amines) is 1. The van der Waals surface area contributed by atoms with Crippen LogP contribution in [0.4, 0.5) is 0 Å². The molecule has 0 aliphatic carbocycles. The van der Waals surface area contributed by atoms with Gasteiger partial charge in [0, 0.05) is 29.7 Å². The van der Waals surface area contributed by atoms with Gasteiger partial charge in [0.15, 0.2) is 5.96 Å². The Morgan fingerprint density at radius 3 is 2.72 bits per heavy atom. The summed E-state index contributed by atoms with van der Waals surface area (Å²) in [6, 6.07) is 5.47. The molecule has 1 fully saturated rings. The Morgan fingerprint density at radius 1 is 1.36 bits per heavy atom. The average Bonchev–Trinajstić information content (AvgIpc) is 2.91. The van der Waals surface area contributed by atoms with Crippen molar-refractivity contribution in [3.63, 3.8) is 0 Å². The number of nitrogens with zero attached hydrogens (tertiary/aromatic N) is 2. The molecule has 2 atom stereocenters. The highest BCUT2D eigenvalue weighted by atomic mass is 127. The largest absolute Gasteiger partial charge is 0.370 e. The molecular weight excluding hydrogens is 470 g/mol. The topological polar surface area (TPSA) is 53.6 Å². The molecular formula is C18H29Cl2IN4. The number of nitrogens with one attached hydrogen (secondary N) is 1. The molecule has 25 heavy (non-hydrogen) atoms. The van der Waals surface area contributed by atoms with Crippen LogP contribution in [0.3, 0.4) is 0 Å². The molecule has 3 N–H and O–H groups in total. The Hall–Kier alpha value is -0.240. The van der Waals surface area contributed by atoms with Crippen LogP contribution in [0.2, 0.25) is 10.0 Å². The molecule has 142 valence electrons. The summed E-state index contributed by atoms with van der Waals surface area (Å²) in [6.07, 6.45) is 1.20. The first-order valence-electron chi connectivity index (χ1n) is 8.59. The first-order chi connectivity index (χ1) is 11.3. The fourth-order valence-corrected chi connectivity index (χ4v) is 3.74. The lowest BCUT2D eigenvalue weighted by Gasteiger charge is -2.18. The Labute approximate surface area is 178 Å². The summed E-state index contributed by atoms with van der Waals surface area (Å²) in [5.74, 6) is 1.78. The van der Waals surface area contributed by atoms with Gasteiger partial charge in [0.25, 0.3) is 0 Å². The van der Waals surface area contributed by atoms with Gasteiger partial charge in [-0.1, -0.05) is 43.1 Å². The van der Waals surface area contributed by atoms with Crippen LogP contribution in [0.1, 0.15) is 38.8 Å². The predicted molar refractivity (Wildman–Crippen MR) is 119 cm³/mol. The number of rotatable bonds is 6. The van der Waals surface area contributed by atoms with Crippen LogP contribution in [0.25, 0.3) is 0 Å². The zero-order chi connectivity index (χ0) is 17.7. The summed E-state index contributed by atoms with van der Waals surface area (Å²) >= 11 is 12.2. The molecule has 1 saturated heterocycles. The van der Waals surface area contributed by atoms with E-state index < -0.39 is 0 Å². The number of nitrogens with two attached hydrogens (primary N) is 1. The molecule has 0 saturated carbocycles. The van der Waals surface area contributed by atoms with Crippen molar-refractivity contribution in [1.82, 2.24) is 10.2 Å². The van der Waals surface area contributed by atoms with Crippen LogP contribution < -0.4 is 11.1 Å². The highest BCUT2D eigenvalue weighted by molar-refractivity contribution is 14.0. The van der Waals surface area contributed by atoms with Gasteiger partial charge in [0.2, 0.25) is 0 Å². The summed E-state index contributed by atoms with van der Waals surface area (Å²) in [4.78, 5) is 7.04. The molecule has 2 unspecified atom stereocenters. The number of aliphatic imine (C=N–C) groups is 1. The molecule has 7 heteroatoms. The minimum absolute atomic E-state index is 0. The van der Waals surface area contributed by atoms with E-state index in [4.69, 9.17) is 28.9 Å². The maximum absolute atomic E-state index is 6.24. The molecule has 1 aliphatic rings. The fraction of sp³-hybridized carbons (Fsp3) is 0.611. The molecule has 1 aromatic carbocycles. The quantitative estimate of drug-likeness (QED) is 0.343. The molecule has 0 bridgehead atoms. The molecule has 4 nitrogen and oxygen atoms in total. The first-order valence-corrected chi connectivity index (χ1v) is 9.34. The maximum atomic E-state index is 6.24. The molecule has 0 radical (unpaired) electrons. The van der Waals surface area contributed by atoms with Gasteiger partial charge in [-0.05, 0) is 49.4 Å². The molecule has 2 rings (SSSR count). The van der Waals surface area contributed by atoms with E-state index in [1.54, 1.807) is 6.07 Å². The molecule has 1 heterocycles. The second kappa shape index (κ2) is 10.8. The van der Waals surface area contributed by atoms with E-state index in [9.17, 15) is 0 Å². The lowest BCUT2D eigenvalue weighted by molar-refractivity contribution is 0.288. The van der Waals surface area contributed by atoms with Crippen LogP contribution in [-0.2, 0) is 0 Å². The van der Waals surface area contributed by atoms with E-state index in [1.807, 2.05) is 19.1 Å². The Kier molecular flexibility index (Phi) is 9.85. The second-order valence-corrected chi connectivity index (χ2v) is 7.91. The summed E-state index contributed by atoms with van der Waals surface area (Å²) in [6.45, 7) is 10.8. The monoisotopic (exact) mass is 498 g/mol.